The van der Waals surface area contributed by atoms with Crippen molar-refractivity contribution in [1.29, 1.82) is 0 Å². The second-order valence-electron chi connectivity index (χ2n) is 5.70. The first kappa shape index (κ1) is 18.0. The Labute approximate surface area is 167 Å². The van der Waals surface area contributed by atoms with Crippen LogP contribution in [0.1, 0.15) is 15.4 Å². The Bertz CT molecular complexity index is 1170. The van der Waals surface area contributed by atoms with E-state index in [1.54, 1.807) is 53.3 Å². The molecule has 0 atom stereocenters. The van der Waals surface area contributed by atoms with Crippen LogP contribution in [0.5, 0.6) is 0 Å². The lowest BCUT2D eigenvalue weighted by molar-refractivity contribution is 0.102. The van der Waals surface area contributed by atoms with Gasteiger partial charge >= 0.3 is 0 Å². The number of benzene rings is 1. The van der Waals surface area contributed by atoms with Gasteiger partial charge in [-0.3, -0.25) is 14.2 Å². The molecule has 3 heterocycles. The minimum atomic E-state index is -0.161. The van der Waals surface area contributed by atoms with Gasteiger partial charge in [-0.05, 0) is 36.4 Å². The molecule has 5 nitrogen and oxygen atoms in total. The summed E-state index contributed by atoms with van der Waals surface area (Å²) in [6.45, 7) is 0.255. The number of ketones is 1. The van der Waals surface area contributed by atoms with Gasteiger partial charge in [-0.1, -0.05) is 35.5 Å². The zero-order valence-electron chi connectivity index (χ0n) is 13.9. The third kappa shape index (κ3) is 3.85. The van der Waals surface area contributed by atoms with E-state index in [-0.39, 0.29) is 23.6 Å². The zero-order chi connectivity index (χ0) is 18.8. The van der Waals surface area contributed by atoms with Gasteiger partial charge in [0.25, 0.3) is 5.56 Å². The van der Waals surface area contributed by atoms with Crippen molar-refractivity contribution in [2.45, 2.75) is 11.7 Å². The van der Waals surface area contributed by atoms with E-state index in [9.17, 15) is 9.59 Å². The molecule has 4 aromatic rings. The van der Waals surface area contributed by atoms with Crippen molar-refractivity contribution in [3.8, 4) is 0 Å². The molecule has 0 aliphatic heterocycles. The van der Waals surface area contributed by atoms with E-state index in [1.807, 2.05) is 6.07 Å². The Morgan fingerprint density at radius 2 is 2.04 bits per heavy atom. The smallest absolute Gasteiger partial charge is 0.262 e. The first-order valence-electron chi connectivity index (χ1n) is 8.05. The molecule has 0 amide bonds. The van der Waals surface area contributed by atoms with E-state index >= 15 is 0 Å². The van der Waals surface area contributed by atoms with Gasteiger partial charge in [-0.15, -0.1) is 11.3 Å². The molecular weight excluding hydrogens is 404 g/mol. The quantitative estimate of drug-likeness (QED) is 0.258. The van der Waals surface area contributed by atoms with Gasteiger partial charge in [0.2, 0.25) is 0 Å². The Kier molecular flexibility index (Phi) is 5.15. The number of thiophene rings is 1. The predicted octanol–water partition coefficient (Wildman–Crippen LogP) is 4.73. The van der Waals surface area contributed by atoms with E-state index in [4.69, 9.17) is 16.0 Å². The maximum Gasteiger partial charge on any atom is 0.262 e. The normalized spacial score (nSPS) is 11.1. The first-order valence-corrected chi connectivity index (χ1v) is 10.2. The number of carbonyl (C=O) groups excluding carboxylic acids is 1. The van der Waals surface area contributed by atoms with Crippen LogP contribution < -0.4 is 5.56 Å². The minimum absolute atomic E-state index is 0.0520. The number of halogens is 1. The van der Waals surface area contributed by atoms with Crippen LogP contribution in [0.2, 0.25) is 4.34 Å². The number of nitrogens with zero attached hydrogens (tertiary/aromatic N) is 2. The number of Topliss-reactive ketones (excluding diaryl/α,β-unsaturated/α-hetero) is 1. The van der Waals surface area contributed by atoms with Gasteiger partial charge in [0, 0.05) is 0 Å². The van der Waals surface area contributed by atoms with E-state index in [2.05, 4.69) is 4.98 Å². The first-order chi connectivity index (χ1) is 13.1. The molecule has 0 saturated carbocycles. The molecule has 0 radical (unpaired) electrons. The molecule has 0 aliphatic rings. The summed E-state index contributed by atoms with van der Waals surface area (Å²) in [4.78, 5) is 30.6. The highest BCUT2D eigenvalue weighted by atomic mass is 35.5. The molecule has 27 heavy (non-hydrogen) atoms. The number of hydrogen-bond donors (Lipinski definition) is 0. The maximum atomic E-state index is 13.0. The maximum absolute atomic E-state index is 13.0. The summed E-state index contributed by atoms with van der Waals surface area (Å²) in [6, 6.07) is 14.2. The molecule has 0 spiro atoms. The molecule has 1 aromatic carbocycles. The summed E-state index contributed by atoms with van der Waals surface area (Å²) < 4.78 is 7.49. The molecule has 0 fully saturated rings. The summed E-state index contributed by atoms with van der Waals surface area (Å²) in [5.41, 5.74) is 0.443. The fourth-order valence-electron chi connectivity index (χ4n) is 2.62. The van der Waals surface area contributed by atoms with Crippen molar-refractivity contribution in [3.05, 3.63) is 80.1 Å². The summed E-state index contributed by atoms with van der Waals surface area (Å²) in [7, 11) is 0. The van der Waals surface area contributed by atoms with Crippen molar-refractivity contribution in [2.24, 2.45) is 0 Å². The van der Waals surface area contributed by atoms with Crippen LogP contribution in [0.25, 0.3) is 10.9 Å². The van der Waals surface area contributed by atoms with Crippen LogP contribution in [0.4, 0.5) is 0 Å². The Morgan fingerprint density at radius 3 is 2.78 bits per heavy atom. The molecule has 8 heteroatoms. The van der Waals surface area contributed by atoms with Crippen LogP contribution in [-0.4, -0.2) is 21.1 Å². The second-order valence-corrected chi connectivity index (χ2v) is 8.36. The SMILES string of the molecule is O=C(CSc1nc2ccccc2c(=O)n1Cc1ccco1)c1ccc(Cl)s1. The van der Waals surface area contributed by atoms with Gasteiger partial charge in [-0.2, -0.15) is 0 Å². The molecule has 4 rings (SSSR count). The van der Waals surface area contributed by atoms with Crippen molar-refractivity contribution in [2.75, 3.05) is 5.75 Å². The summed E-state index contributed by atoms with van der Waals surface area (Å²) in [5, 5.41) is 1.01. The van der Waals surface area contributed by atoms with E-state index in [0.717, 1.165) is 0 Å². The summed E-state index contributed by atoms with van der Waals surface area (Å²) in [5.74, 6) is 0.760. The molecule has 0 N–H and O–H groups in total. The number of aromatic nitrogens is 2. The van der Waals surface area contributed by atoms with Gasteiger partial charge in [0.05, 0.1) is 38.7 Å². The lowest BCUT2D eigenvalue weighted by Crippen LogP contribution is -2.24. The molecule has 136 valence electrons. The highest BCUT2D eigenvalue weighted by Crippen LogP contribution is 2.25. The van der Waals surface area contributed by atoms with Crippen LogP contribution in [0, 0.1) is 0 Å². The number of fused-ring (bicyclic) bond motifs is 1. The minimum Gasteiger partial charge on any atom is -0.467 e. The molecule has 0 aliphatic carbocycles. The number of para-hydroxylation sites is 1. The van der Waals surface area contributed by atoms with Crippen molar-refractivity contribution >= 4 is 51.4 Å². The zero-order valence-corrected chi connectivity index (χ0v) is 16.3. The van der Waals surface area contributed by atoms with Crippen LogP contribution in [0.15, 0.2) is 69.2 Å². The Balaban J connectivity index is 1.69. The third-order valence-electron chi connectivity index (χ3n) is 3.90. The number of furan rings is 1. The lowest BCUT2D eigenvalue weighted by Gasteiger charge is -2.11. The van der Waals surface area contributed by atoms with Crippen LogP contribution in [0.3, 0.4) is 0 Å². The van der Waals surface area contributed by atoms with E-state index in [0.29, 0.717) is 31.0 Å². The Morgan fingerprint density at radius 1 is 1.19 bits per heavy atom. The summed E-state index contributed by atoms with van der Waals surface area (Å²) >= 11 is 8.38. The third-order valence-corrected chi connectivity index (χ3v) is 6.15. The standard InChI is InChI=1S/C19H13ClN2O3S2/c20-17-8-7-16(27-17)15(23)11-26-19-21-14-6-2-1-5-13(14)18(24)22(19)10-12-4-3-9-25-12/h1-9H,10-11H2. The molecular formula is C19H13ClN2O3S2. The summed E-state index contributed by atoms with van der Waals surface area (Å²) in [6.07, 6.45) is 1.56. The molecule has 0 unspecified atom stereocenters. The van der Waals surface area contributed by atoms with Gasteiger partial charge < -0.3 is 4.42 Å². The second kappa shape index (κ2) is 7.72. The fraction of sp³-hybridized carbons (Fsp3) is 0.105. The predicted molar refractivity (Wildman–Crippen MR) is 108 cm³/mol. The Hall–Kier alpha value is -2.35. The average molecular weight is 417 g/mol. The number of carbonyl (C=O) groups is 1. The van der Waals surface area contributed by atoms with Crippen LogP contribution >= 0.6 is 34.7 Å². The molecule has 0 saturated heterocycles. The topological polar surface area (TPSA) is 65.1 Å². The lowest BCUT2D eigenvalue weighted by atomic mass is 10.2. The van der Waals surface area contributed by atoms with Crippen molar-refractivity contribution < 1.29 is 9.21 Å². The monoisotopic (exact) mass is 416 g/mol. The molecule has 3 aromatic heterocycles. The van der Waals surface area contributed by atoms with Gasteiger partial charge in [0.15, 0.2) is 10.9 Å². The van der Waals surface area contributed by atoms with Crippen LogP contribution in [-0.2, 0) is 6.54 Å². The highest BCUT2D eigenvalue weighted by molar-refractivity contribution is 7.99. The largest absolute Gasteiger partial charge is 0.467 e. The van der Waals surface area contributed by atoms with Crippen molar-refractivity contribution in [1.82, 2.24) is 9.55 Å². The molecule has 0 bridgehead atoms. The van der Waals surface area contributed by atoms with Crippen molar-refractivity contribution in [3.63, 3.8) is 0 Å². The number of hydrogen-bond acceptors (Lipinski definition) is 6. The fourth-order valence-corrected chi connectivity index (χ4v) is 4.57. The average Bonchev–Trinajstić information content (AvgIpc) is 3.34. The van der Waals surface area contributed by atoms with E-state index in [1.165, 1.54) is 23.1 Å². The van der Waals surface area contributed by atoms with E-state index < -0.39 is 0 Å². The van der Waals surface area contributed by atoms with Gasteiger partial charge in [-0.25, -0.2) is 4.98 Å². The highest BCUT2D eigenvalue weighted by Gasteiger charge is 2.16. The number of rotatable bonds is 6. The number of thioether (sulfide) groups is 1. The van der Waals surface area contributed by atoms with Gasteiger partial charge in [0.1, 0.15) is 5.76 Å².